The second-order valence-corrected chi connectivity index (χ2v) is 5.24. The van der Waals surface area contributed by atoms with Gasteiger partial charge in [-0.05, 0) is 36.6 Å². The second-order valence-electron chi connectivity index (χ2n) is 4.36. The summed E-state index contributed by atoms with van der Waals surface area (Å²) in [6, 6.07) is 14.0. The van der Waals surface area contributed by atoms with Crippen LogP contribution in [-0.4, -0.2) is 22.9 Å². The predicted octanol–water partition coefficient (Wildman–Crippen LogP) is 3.34. The smallest absolute Gasteiger partial charge is 0.205 e. The van der Waals surface area contributed by atoms with E-state index in [4.69, 9.17) is 10.5 Å². The molecule has 0 amide bonds. The number of hydrogen-bond acceptors (Lipinski definition) is 4. The fourth-order valence-corrected chi connectivity index (χ4v) is 2.67. The number of thioether (sulfide) groups is 1. The zero-order valence-corrected chi connectivity index (χ0v) is 12.1. The molecule has 0 atom stereocenters. The van der Waals surface area contributed by atoms with Gasteiger partial charge in [0.2, 0.25) is 5.95 Å². The maximum atomic E-state index is 6.07. The van der Waals surface area contributed by atoms with E-state index in [9.17, 15) is 0 Å². The van der Waals surface area contributed by atoms with Gasteiger partial charge in [-0.2, -0.15) is 0 Å². The quantitative estimate of drug-likeness (QED) is 0.750. The fourth-order valence-electron chi connectivity index (χ4n) is 2.22. The van der Waals surface area contributed by atoms with Crippen molar-refractivity contribution in [2.45, 2.75) is 4.90 Å². The van der Waals surface area contributed by atoms with Crippen LogP contribution in [0.2, 0.25) is 0 Å². The lowest BCUT2D eigenvalue weighted by Gasteiger charge is -2.08. The summed E-state index contributed by atoms with van der Waals surface area (Å²) in [6.45, 7) is 0. The molecule has 3 aromatic rings. The van der Waals surface area contributed by atoms with E-state index in [0.717, 1.165) is 22.5 Å². The normalized spacial score (nSPS) is 10.9. The number of benzene rings is 2. The number of fused-ring (bicyclic) bond motifs is 1. The third kappa shape index (κ3) is 2.10. The van der Waals surface area contributed by atoms with Gasteiger partial charge in [-0.25, -0.2) is 4.98 Å². The number of anilines is 1. The molecule has 102 valence electrons. The van der Waals surface area contributed by atoms with Crippen molar-refractivity contribution in [1.29, 1.82) is 0 Å². The summed E-state index contributed by atoms with van der Waals surface area (Å²) in [4.78, 5) is 5.59. The summed E-state index contributed by atoms with van der Waals surface area (Å²) in [7, 11) is 1.65. The molecule has 0 aliphatic rings. The lowest BCUT2D eigenvalue weighted by atomic mass is 10.2. The van der Waals surface area contributed by atoms with Crippen LogP contribution >= 0.6 is 11.8 Å². The van der Waals surface area contributed by atoms with Crippen LogP contribution < -0.4 is 10.5 Å². The van der Waals surface area contributed by atoms with Gasteiger partial charge in [0.1, 0.15) is 5.75 Å². The summed E-state index contributed by atoms with van der Waals surface area (Å²) >= 11 is 1.70. The molecule has 3 rings (SSSR count). The maximum absolute atomic E-state index is 6.07. The molecular weight excluding hydrogens is 270 g/mol. The van der Waals surface area contributed by atoms with E-state index in [1.165, 1.54) is 4.90 Å². The Hall–Kier alpha value is -2.14. The second kappa shape index (κ2) is 5.09. The Morgan fingerprint density at radius 1 is 1.20 bits per heavy atom. The molecule has 0 spiro atoms. The van der Waals surface area contributed by atoms with E-state index in [2.05, 4.69) is 23.4 Å². The van der Waals surface area contributed by atoms with E-state index in [-0.39, 0.29) is 0 Å². The third-order valence-electron chi connectivity index (χ3n) is 3.20. The van der Waals surface area contributed by atoms with Crippen LogP contribution in [0.15, 0.2) is 47.4 Å². The highest BCUT2D eigenvalue weighted by Gasteiger charge is 2.11. The van der Waals surface area contributed by atoms with Crippen molar-refractivity contribution >= 4 is 28.7 Å². The Kier molecular flexibility index (Phi) is 3.28. The van der Waals surface area contributed by atoms with E-state index >= 15 is 0 Å². The van der Waals surface area contributed by atoms with Crippen LogP contribution in [0.25, 0.3) is 16.7 Å². The SMILES string of the molecule is COc1ccc2nc(N)n(-c3cccc(SC)c3)c2c1. The van der Waals surface area contributed by atoms with Gasteiger partial charge in [-0.15, -0.1) is 11.8 Å². The van der Waals surface area contributed by atoms with Gasteiger partial charge >= 0.3 is 0 Å². The highest BCUT2D eigenvalue weighted by atomic mass is 32.2. The van der Waals surface area contributed by atoms with E-state index in [1.807, 2.05) is 34.9 Å². The fraction of sp³-hybridized carbons (Fsp3) is 0.133. The highest BCUT2D eigenvalue weighted by molar-refractivity contribution is 7.98. The monoisotopic (exact) mass is 285 g/mol. The minimum atomic E-state index is 0.478. The molecule has 0 aliphatic heterocycles. The molecule has 0 unspecified atom stereocenters. The van der Waals surface area contributed by atoms with Gasteiger partial charge < -0.3 is 10.5 Å². The van der Waals surface area contributed by atoms with Crippen molar-refractivity contribution in [2.24, 2.45) is 0 Å². The van der Waals surface area contributed by atoms with Crippen LogP contribution in [0.1, 0.15) is 0 Å². The van der Waals surface area contributed by atoms with Gasteiger partial charge in [0.25, 0.3) is 0 Å². The van der Waals surface area contributed by atoms with E-state index < -0.39 is 0 Å². The van der Waals surface area contributed by atoms with Crippen molar-refractivity contribution < 1.29 is 4.74 Å². The maximum Gasteiger partial charge on any atom is 0.205 e. The largest absolute Gasteiger partial charge is 0.497 e. The van der Waals surface area contributed by atoms with Gasteiger partial charge in [0.05, 0.1) is 23.8 Å². The van der Waals surface area contributed by atoms with Crippen LogP contribution in [0.4, 0.5) is 5.95 Å². The zero-order valence-electron chi connectivity index (χ0n) is 11.3. The molecule has 1 aromatic heterocycles. The molecule has 5 heteroatoms. The Bertz CT molecular complexity index is 767. The minimum Gasteiger partial charge on any atom is -0.497 e. The molecule has 2 aromatic carbocycles. The van der Waals surface area contributed by atoms with Crippen molar-refractivity contribution in [3.05, 3.63) is 42.5 Å². The molecule has 0 saturated heterocycles. The van der Waals surface area contributed by atoms with Crippen molar-refractivity contribution in [3.8, 4) is 11.4 Å². The standard InChI is InChI=1S/C15H15N3OS/c1-19-11-6-7-13-14(9-11)18(15(16)17-13)10-4-3-5-12(8-10)20-2/h3-9H,1-2H3,(H2,16,17). The van der Waals surface area contributed by atoms with Crippen LogP contribution in [0.5, 0.6) is 5.75 Å². The first-order valence-corrected chi connectivity index (χ1v) is 7.42. The predicted molar refractivity (Wildman–Crippen MR) is 83.8 cm³/mol. The summed E-state index contributed by atoms with van der Waals surface area (Å²) in [5.74, 6) is 1.27. The number of methoxy groups -OCH3 is 1. The van der Waals surface area contributed by atoms with E-state index in [1.54, 1.807) is 18.9 Å². The summed E-state index contributed by atoms with van der Waals surface area (Å²) < 4.78 is 7.22. The summed E-state index contributed by atoms with van der Waals surface area (Å²) in [5, 5.41) is 0. The van der Waals surface area contributed by atoms with Crippen LogP contribution in [-0.2, 0) is 0 Å². The van der Waals surface area contributed by atoms with Crippen LogP contribution in [0, 0.1) is 0 Å². The average molecular weight is 285 g/mol. The number of nitrogen functional groups attached to an aromatic ring is 1. The molecule has 1 heterocycles. The Labute approximate surface area is 121 Å². The molecule has 0 aliphatic carbocycles. The number of imidazole rings is 1. The molecule has 0 bridgehead atoms. The Balaban J connectivity index is 2.25. The first-order chi connectivity index (χ1) is 9.72. The number of aromatic nitrogens is 2. The lowest BCUT2D eigenvalue weighted by Crippen LogP contribution is -2.00. The van der Waals surface area contributed by atoms with Gasteiger partial charge in [0.15, 0.2) is 0 Å². The number of hydrogen-bond donors (Lipinski definition) is 1. The van der Waals surface area contributed by atoms with Gasteiger partial charge in [-0.3, -0.25) is 4.57 Å². The average Bonchev–Trinajstić information content (AvgIpc) is 2.82. The first-order valence-electron chi connectivity index (χ1n) is 6.19. The lowest BCUT2D eigenvalue weighted by molar-refractivity contribution is 0.415. The molecule has 0 fully saturated rings. The molecular formula is C15H15N3OS. The summed E-state index contributed by atoms with van der Waals surface area (Å²) in [6.07, 6.45) is 2.05. The van der Waals surface area contributed by atoms with Crippen molar-refractivity contribution in [2.75, 3.05) is 19.1 Å². The molecule has 20 heavy (non-hydrogen) atoms. The first kappa shape index (κ1) is 12.9. The third-order valence-corrected chi connectivity index (χ3v) is 3.92. The number of nitrogens with two attached hydrogens (primary N) is 1. The number of nitrogens with zero attached hydrogens (tertiary/aromatic N) is 2. The molecule has 0 radical (unpaired) electrons. The Morgan fingerprint density at radius 3 is 2.80 bits per heavy atom. The summed E-state index contributed by atoms with van der Waals surface area (Å²) in [5.41, 5.74) is 8.88. The van der Waals surface area contributed by atoms with Crippen LogP contribution in [0.3, 0.4) is 0 Å². The minimum absolute atomic E-state index is 0.478. The molecule has 0 saturated carbocycles. The highest BCUT2D eigenvalue weighted by Crippen LogP contribution is 2.28. The topological polar surface area (TPSA) is 53.1 Å². The van der Waals surface area contributed by atoms with Crippen molar-refractivity contribution in [1.82, 2.24) is 9.55 Å². The van der Waals surface area contributed by atoms with Crippen molar-refractivity contribution in [3.63, 3.8) is 0 Å². The molecule has 4 nitrogen and oxygen atoms in total. The molecule has 2 N–H and O–H groups in total. The van der Waals surface area contributed by atoms with Gasteiger partial charge in [0, 0.05) is 11.0 Å². The number of ether oxygens (including phenoxy) is 1. The van der Waals surface area contributed by atoms with Gasteiger partial charge in [-0.1, -0.05) is 6.07 Å². The number of rotatable bonds is 3. The van der Waals surface area contributed by atoms with E-state index in [0.29, 0.717) is 5.95 Å². The Morgan fingerprint density at radius 2 is 2.05 bits per heavy atom. The zero-order chi connectivity index (χ0) is 14.1.